The molecule has 8 nitrogen and oxygen atoms in total. The average molecular weight is 424 g/mol. The first-order valence-electron chi connectivity index (χ1n) is 10.1. The van der Waals surface area contributed by atoms with Crippen LogP contribution in [-0.2, 0) is 15.9 Å². The maximum atomic E-state index is 13.4. The number of fused-ring (bicyclic) bond motifs is 5. The van der Waals surface area contributed by atoms with Crippen LogP contribution in [-0.4, -0.2) is 51.1 Å². The SMILES string of the molecule is CC(C)(CO)c1cc(-c2ccc(F)cc2)nn2cc3[n+](c12)C1(C)C(=O)NCCN1C3=O. The third-order valence-corrected chi connectivity index (χ3v) is 6.39. The predicted molar refractivity (Wildman–Crippen MR) is 109 cm³/mol. The van der Waals surface area contributed by atoms with E-state index in [0.717, 1.165) is 5.56 Å². The number of piperazine rings is 1. The van der Waals surface area contributed by atoms with Gasteiger partial charge in [0.1, 0.15) is 11.5 Å². The Bertz CT molecular complexity index is 1250. The number of aliphatic hydroxyl groups is 1. The molecule has 2 aromatic heterocycles. The topological polar surface area (TPSA) is 90.8 Å². The van der Waals surface area contributed by atoms with Gasteiger partial charge in [0.25, 0.3) is 11.6 Å². The first kappa shape index (κ1) is 19.6. The van der Waals surface area contributed by atoms with Gasteiger partial charge in [0.05, 0.1) is 12.2 Å². The predicted octanol–water partition coefficient (Wildman–Crippen LogP) is 0.956. The van der Waals surface area contributed by atoms with Gasteiger partial charge in [-0.1, -0.05) is 23.5 Å². The smallest absolute Gasteiger partial charge is 0.314 e. The number of rotatable bonds is 3. The van der Waals surface area contributed by atoms with Crippen molar-refractivity contribution >= 4 is 17.5 Å². The number of imidazole rings is 1. The highest BCUT2D eigenvalue weighted by atomic mass is 19.1. The van der Waals surface area contributed by atoms with Crippen molar-refractivity contribution in [3.8, 4) is 11.3 Å². The Morgan fingerprint density at radius 3 is 2.68 bits per heavy atom. The maximum absolute atomic E-state index is 13.4. The number of nitrogens with zero attached hydrogens (tertiary/aromatic N) is 4. The van der Waals surface area contributed by atoms with Gasteiger partial charge >= 0.3 is 11.6 Å². The van der Waals surface area contributed by atoms with E-state index < -0.39 is 11.1 Å². The van der Waals surface area contributed by atoms with Gasteiger partial charge in [-0.3, -0.25) is 14.5 Å². The van der Waals surface area contributed by atoms with Crippen LogP contribution in [0.5, 0.6) is 0 Å². The summed E-state index contributed by atoms with van der Waals surface area (Å²) in [6, 6.07) is 7.82. The molecule has 2 aliphatic rings. The zero-order chi connectivity index (χ0) is 22.1. The number of aliphatic hydroxyl groups excluding tert-OH is 1. The zero-order valence-electron chi connectivity index (χ0n) is 17.5. The number of carbonyl (C=O) groups is 2. The number of nitrogens with one attached hydrogen (secondary N) is 1. The second-order valence-corrected chi connectivity index (χ2v) is 8.84. The van der Waals surface area contributed by atoms with E-state index in [2.05, 4.69) is 10.4 Å². The Morgan fingerprint density at radius 2 is 2.00 bits per heavy atom. The monoisotopic (exact) mass is 424 g/mol. The fourth-order valence-electron chi connectivity index (χ4n) is 4.50. The molecular formula is C22H23FN5O3+. The van der Waals surface area contributed by atoms with E-state index in [1.54, 1.807) is 39.2 Å². The van der Waals surface area contributed by atoms with Crippen LogP contribution in [0.25, 0.3) is 16.9 Å². The quantitative estimate of drug-likeness (QED) is 0.613. The molecule has 160 valence electrons. The van der Waals surface area contributed by atoms with Gasteiger partial charge < -0.3 is 10.4 Å². The van der Waals surface area contributed by atoms with Gasteiger partial charge in [-0.15, -0.1) is 0 Å². The summed E-state index contributed by atoms with van der Waals surface area (Å²) in [6.07, 6.45) is 1.62. The molecule has 1 fully saturated rings. The Balaban J connectivity index is 1.84. The van der Waals surface area contributed by atoms with E-state index in [1.807, 2.05) is 19.9 Å². The van der Waals surface area contributed by atoms with Crippen LogP contribution >= 0.6 is 0 Å². The summed E-state index contributed by atoms with van der Waals surface area (Å²) in [5, 5.41) is 17.7. The van der Waals surface area contributed by atoms with Crippen molar-refractivity contribution in [1.82, 2.24) is 19.8 Å². The summed E-state index contributed by atoms with van der Waals surface area (Å²) in [7, 11) is 0. The minimum atomic E-state index is -1.22. The maximum Gasteiger partial charge on any atom is 0.314 e. The second-order valence-electron chi connectivity index (χ2n) is 8.84. The molecule has 5 rings (SSSR count). The summed E-state index contributed by atoms with van der Waals surface area (Å²) in [4.78, 5) is 27.7. The molecule has 1 unspecified atom stereocenters. The molecule has 0 saturated carbocycles. The number of carbonyl (C=O) groups excluding carboxylic acids is 2. The highest BCUT2D eigenvalue weighted by molar-refractivity contribution is 5.99. The molecular weight excluding hydrogens is 401 g/mol. The first-order chi connectivity index (χ1) is 14.7. The number of halogens is 1. The lowest BCUT2D eigenvalue weighted by molar-refractivity contribution is -0.732. The third-order valence-electron chi connectivity index (χ3n) is 6.39. The standard InChI is InChI=1S/C22H22FN5O3/c1-21(2,12-29)15-10-16(13-4-6-14(23)7-5-13)25-27-11-17-19(30)26-9-8-24-20(31)22(26,3)28(17)18(15)27/h4-7,10-11,29H,8-9,12H2,1-3H3/p+1. The van der Waals surface area contributed by atoms with Crippen molar-refractivity contribution in [3.05, 3.63) is 53.6 Å². The lowest BCUT2D eigenvalue weighted by Gasteiger charge is -2.35. The van der Waals surface area contributed by atoms with E-state index in [0.29, 0.717) is 35.7 Å². The summed E-state index contributed by atoms with van der Waals surface area (Å²) < 4.78 is 16.7. The normalized spacial score (nSPS) is 20.7. The van der Waals surface area contributed by atoms with E-state index in [9.17, 15) is 19.1 Å². The Morgan fingerprint density at radius 1 is 1.29 bits per heavy atom. The fourth-order valence-corrected chi connectivity index (χ4v) is 4.50. The van der Waals surface area contributed by atoms with Crippen LogP contribution in [0.3, 0.4) is 0 Å². The van der Waals surface area contributed by atoms with Gasteiger partial charge in [-0.05, 0) is 30.3 Å². The molecule has 0 bridgehead atoms. The van der Waals surface area contributed by atoms with Crippen LogP contribution in [0.2, 0.25) is 0 Å². The van der Waals surface area contributed by atoms with Crippen molar-refractivity contribution in [3.63, 3.8) is 0 Å². The largest absolute Gasteiger partial charge is 0.395 e. The lowest BCUT2D eigenvalue weighted by atomic mass is 9.85. The Kier molecular flexibility index (Phi) is 4.01. The van der Waals surface area contributed by atoms with Crippen LogP contribution in [0.1, 0.15) is 36.8 Å². The summed E-state index contributed by atoms with van der Waals surface area (Å²) in [5.74, 6) is -0.851. The Hall–Kier alpha value is -3.33. The summed E-state index contributed by atoms with van der Waals surface area (Å²) in [5.41, 5.74) is 1.00. The van der Waals surface area contributed by atoms with Gasteiger partial charge in [0, 0.05) is 31.0 Å². The number of benzene rings is 1. The van der Waals surface area contributed by atoms with Crippen molar-refractivity contribution in [2.75, 3.05) is 19.7 Å². The van der Waals surface area contributed by atoms with E-state index in [1.165, 1.54) is 12.1 Å². The van der Waals surface area contributed by atoms with Crippen molar-refractivity contribution in [1.29, 1.82) is 0 Å². The molecule has 1 atom stereocenters. The van der Waals surface area contributed by atoms with Crippen LogP contribution in [0.15, 0.2) is 36.5 Å². The fraction of sp³-hybridized carbons (Fsp3) is 0.364. The van der Waals surface area contributed by atoms with Crippen LogP contribution < -0.4 is 9.88 Å². The van der Waals surface area contributed by atoms with Crippen LogP contribution in [0.4, 0.5) is 4.39 Å². The number of hydrogen-bond donors (Lipinski definition) is 2. The second kappa shape index (κ2) is 6.34. The van der Waals surface area contributed by atoms with Crippen molar-refractivity contribution in [2.24, 2.45) is 0 Å². The first-order valence-corrected chi connectivity index (χ1v) is 10.1. The highest BCUT2D eigenvalue weighted by Gasteiger charge is 2.60. The molecule has 2 aliphatic heterocycles. The molecule has 3 aromatic rings. The van der Waals surface area contributed by atoms with Gasteiger partial charge in [0.15, 0.2) is 6.20 Å². The lowest BCUT2D eigenvalue weighted by Crippen LogP contribution is -2.71. The molecule has 2 N–H and O–H groups in total. The molecule has 1 saturated heterocycles. The minimum absolute atomic E-state index is 0.156. The van der Waals surface area contributed by atoms with E-state index >= 15 is 0 Å². The highest BCUT2D eigenvalue weighted by Crippen LogP contribution is 2.34. The Labute approximate surface area is 177 Å². The summed E-state index contributed by atoms with van der Waals surface area (Å²) >= 11 is 0. The molecule has 0 aliphatic carbocycles. The van der Waals surface area contributed by atoms with Gasteiger partial charge in [-0.25, -0.2) is 4.39 Å². The molecule has 0 radical (unpaired) electrons. The third kappa shape index (κ3) is 2.56. The molecule has 9 heteroatoms. The number of amides is 2. The molecule has 0 spiro atoms. The molecule has 31 heavy (non-hydrogen) atoms. The van der Waals surface area contributed by atoms with Gasteiger partial charge in [-0.2, -0.15) is 4.57 Å². The van der Waals surface area contributed by atoms with E-state index in [4.69, 9.17) is 0 Å². The summed E-state index contributed by atoms with van der Waals surface area (Å²) in [6.45, 7) is 6.14. The van der Waals surface area contributed by atoms with E-state index in [-0.39, 0.29) is 24.2 Å². The van der Waals surface area contributed by atoms with Gasteiger partial charge in [0.2, 0.25) is 5.69 Å². The molecule has 1 aromatic carbocycles. The molecule has 4 heterocycles. The minimum Gasteiger partial charge on any atom is -0.395 e. The number of hydrogen-bond acceptors (Lipinski definition) is 4. The van der Waals surface area contributed by atoms with Crippen molar-refractivity contribution in [2.45, 2.75) is 31.8 Å². The zero-order valence-corrected chi connectivity index (χ0v) is 17.5. The average Bonchev–Trinajstić information content (AvgIpc) is 3.24. The number of aromatic nitrogens is 3. The molecule has 2 amide bonds. The van der Waals surface area contributed by atoms with Crippen molar-refractivity contribution < 1.29 is 23.7 Å². The van der Waals surface area contributed by atoms with Crippen LogP contribution in [0, 0.1) is 5.82 Å².